The lowest BCUT2D eigenvalue weighted by Gasteiger charge is -2.23. The van der Waals surface area contributed by atoms with E-state index in [0.29, 0.717) is 35.4 Å². The topological polar surface area (TPSA) is 70.4 Å². The van der Waals surface area contributed by atoms with Crippen molar-refractivity contribution in [2.45, 2.75) is 19.9 Å². The molecule has 0 spiro atoms. The second-order valence-corrected chi connectivity index (χ2v) is 7.43. The van der Waals surface area contributed by atoms with E-state index in [4.69, 9.17) is 23.2 Å². The second-order valence-electron chi connectivity index (χ2n) is 6.62. The largest absolute Gasteiger partial charge is 0.396 e. The Labute approximate surface area is 179 Å². The third-order valence-corrected chi connectivity index (χ3v) is 5.11. The summed E-state index contributed by atoms with van der Waals surface area (Å²) < 4.78 is 1.72. The highest BCUT2D eigenvalue weighted by Crippen LogP contribution is 2.24. The van der Waals surface area contributed by atoms with Gasteiger partial charge in [-0.25, -0.2) is 9.48 Å². The quantitative estimate of drug-likeness (QED) is 0.557. The van der Waals surface area contributed by atoms with Crippen LogP contribution in [0.2, 0.25) is 10.0 Å². The Balaban J connectivity index is 1.76. The molecule has 8 heteroatoms. The van der Waals surface area contributed by atoms with E-state index >= 15 is 0 Å². The molecule has 29 heavy (non-hydrogen) atoms. The predicted octanol–water partition coefficient (Wildman–Crippen LogP) is 4.90. The van der Waals surface area contributed by atoms with Crippen molar-refractivity contribution >= 4 is 35.1 Å². The monoisotopic (exact) mass is 432 g/mol. The molecule has 0 aliphatic heterocycles. The zero-order chi connectivity index (χ0) is 20.8. The van der Waals surface area contributed by atoms with Gasteiger partial charge < -0.3 is 10.0 Å². The van der Waals surface area contributed by atoms with Crippen molar-refractivity contribution in [3.63, 3.8) is 0 Å². The van der Waals surface area contributed by atoms with Crippen molar-refractivity contribution in [2.75, 3.05) is 18.5 Å². The van der Waals surface area contributed by atoms with E-state index in [-0.39, 0.29) is 12.6 Å². The number of aromatic nitrogens is 2. The van der Waals surface area contributed by atoms with E-state index in [0.717, 1.165) is 16.8 Å². The van der Waals surface area contributed by atoms with Gasteiger partial charge in [-0.1, -0.05) is 47.5 Å². The van der Waals surface area contributed by atoms with Gasteiger partial charge in [-0.15, -0.1) is 5.10 Å². The molecule has 0 unspecified atom stereocenters. The van der Waals surface area contributed by atoms with Gasteiger partial charge in [0, 0.05) is 31.5 Å². The lowest BCUT2D eigenvalue weighted by atomic mass is 10.2. The Morgan fingerprint density at radius 3 is 2.62 bits per heavy atom. The minimum atomic E-state index is -0.300. The number of halogens is 2. The van der Waals surface area contributed by atoms with Crippen molar-refractivity contribution in [1.82, 2.24) is 14.7 Å². The predicted molar refractivity (Wildman–Crippen MR) is 116 cm³/mol. The number of nitrogens with zero attached hydrogens (tertiary/aromatic N) is 3. The summed E-state index contributed by atoms with van der Waals surface area (Å²) in [6, 6.07) is 14.6. The van der Waals surface area contributed by atoms with Crippen molar-refractivity contribution in [3.8, 4) is 5.69 Å². The molecule has 0 radical (unpaired) electrons. The first-order valence-corrected chi connectivity index (χ1v) is 9.96. The Hall–Kier alpha value is -2.54. The molecule has 1 aromatic heterocycles. The van der Waals surface area contributed by atoms with Gasteiger partial charge in [-0.3, -0.25) is 5.32 Å². The number of aryl methyl sites for hydroxylation is 1. The van der Waals surface area contributed by atoms with Gasteiger partial charge in [0.05, 0.1) is 15.7 Å². The van der Waals surface area contributed by atoms with E-state index in [1.807, 2.05) is 49.5 Å². The standard InChI is InChI=1S/C21H22Cl2N4O2/c1-15-13-27(17-6-3-2-4-7-17)25-20(15)24-21(29)26(10-5-11-28)14-16-8-9-18(22)19(23)12-16/h2-4,6-9,12-13,28H,5,10-11,14H2,1H3,(H,24,25,29). The van der Waals surface area contributed by atoms with Crippen LogP contribution in [-0.4, -0.2) is 39.0 Å². The van der Waals surface area contributed by atoms with Crippen molar-refractivity contribution in [2.24, 2.45) is 0 Å². The maximum Gasteiger partial charge on any atom is 0.323 e. The molecular formula is C21H22Cl2N4O2. The van der Waals surface area contributed by atoms with E-state index < -0.39 is 0 Å². The molecule has 2 amide bonds. The number of carbonyl (C=O) groups is 1. The van der Waals surface area contributed by atoms with E-state index in [9.17, 15) is 9.90 Å². The summed E-state index contributed by atoms with van der Waals surface area (Å²) in [6.07, 6.45) is 2.33. The number of amides is 2. The fraction of sp³-hybridized carbons (Fsp3) is 0.238. The van der Waals surface area contributed by atoms with Gasteiger partial charge >= 0.3 is 6.03 Å². The van der Waals surface area contributed by atoms with Crippen LogP contribution in [0.3, 0.4) is 0 Å². The molecule has 0 fully saturated rings. The van der Waals surface area contributed by atoms with Crippen LogP contribution >= 0.6 is 23.2 Å². The molecule has 0 saturated carbocycles. The van der Waals surface area contributed by atoms with Crippen LogP contribution in [0.15, 0.2) is 54.7 Å². The Kier molecular flexibility index (Phi) is 7.14. The third-order valence-electron chi connectivity index (χ3n) is 4.37. The normalized spacial score (nSPS) is 10.8. The summed E-state index contributed by atoms with van der Waals surface area (Å²) in [5, 5.41) is 17.4. The fourth-order valence-corrected chi connectivity index (χ4v) is 3.17. The highest BCUT2D eigenvalue weighted by atomic mass is 35.5. The van der Waals surface area contributed by atoms with E-state index in [2.05, 4.69) is 10.4 Å². The lowest BCUT2D eigenvalue weighted by molar-refractivity contribution is 0.199. The number of benzene rings is 2. The van der Waals surface area contributed by atoms with E-state index in [1.54, 1.807) is 21.7 Å². The average Bonchev–Trinajstić information content (AvgIpc) is 3.08. The van der Waals surface area contributed by atoms with Crippen LogP contribution < -0.4 is 5.32 Å². The minimum absolute atomic E-state index is 0.00713. The molecule has 2 N–H and O–H groups in total. The lowest BCUT2D eigenvalue weighted by Crippen LogP contribution is -2.36. The highest BCUT2D eigenvalue weighted by Gasteiger charge is 2.17. The molecule has 0 aliphatic rings. The maximum atomic E-state index is 12.9. The number of rotatable bonds is 7. The number of urea groups is 1. The van der Waals surface area contributed by atoms with Crippen LogP contribution in [0.25, 0.3) is 5.69 Å². The first-order chi connectivity index (χ1) is 14.0. The van der Waals surface area contributed by atoms with E-state index in [1.165, 1.54) is 0 Å². The Bertz CT molecular complexity index is 976. The SMILES string of the molecule is Cc1cn(-c2ccccc2)nc1NC(=O)N(CCCO)Cc1ccc(Cl)c(Cl)c1. The van der Waals surface area contributed by atoms with Gasteiger partial charge in [0.2, 0.25) is 0 Å². The summed E-state index contributed by atoms with van der Waals surface area (Å²) in [5.41, 5.74) is 2.60. The molecule has 0 bridgehead atoms. The third kappa shape index (κ3) is 5.50. The van der Waals surface area contributed by atoms with Gasteiger partial charge in [-0.05, 0) is 43.2 Å². The molecule has 3 aromatic rings. The molecule has 2 aromatic carbocycles. The number of para-hydroxylation sites is 1. The highest BCUT2D eigenvalue weighted by molar-refractivity contribution is 6.42. The smallest absolute Gasteiger partial charge is 0.323 e. The number of hydrogen-bond acceptors (Lipinski definition) is 3. The van der Waals surface area contributed by atoms with Gasteiger partial charge in [-0.2, -0.15) is 0 Å². The molecule has 3 rings (SSSR count). The average molecular weight is 433 g/mol. The van der Waals surface area contributed by atoms with Gasteiger partial charge in [0.25, 0.3) is 0 Å². The van der Waals surface area contributed by atoms with Crippen molar-refractivity contribution in [1.29, 1.82) is 0 Å². The van der Waals surface area contributed by atoms with Crippen LogP contribution in [0, 0.1) is 6.92 Å². The van der Waals surface area contributed by atoms with Gasteiger partial charge in [0.15, 0.2) is 5.82 Å². The van der Waals surface area contributed by atoms with Gasteiger partial charge in [0.1, 0.15) is 0 Å². The first-order valence-electron chi connectivity index (χ1n) is 9.20. The zero-order valence-electron chi connectivity index (χ0n) is 16.0. The molecular weight excluding hydrogens is 411 g/mol. The maximum absolute atomic E-state index is 12.9. The fourth-order valence-electron chi connectivity index (χ4n) is 2.85. The van der Waals surface area contributed by atoms with Crippen LogP contribution in [-0.2, 0) is 6.54 Å². The van der Waals surface area contributed by atoms with Crippen LogP contribution in [0.4, 0.5) is 10.6 Å². The van der Waals surface area contributed by atoms with Crippen LogP contribution in [0.1, 0.15) is 17.5 Å². The number of hydrogen-bond donors (Lipinski definition) is 2. The first kappa shape index (κ1) is 21.2. The molecule has 1 heterocycles. The van der Waals surface area contributed by atoms with Crippen molar-refractivity contribution in [3.05, 3.63) is 75.9 Å². The number of anilines is 1. The number of nitrogens with one attached hydrogen (secondary N) is 1. The Morgan fingerprint density at radius 1 is 1.17 bits per heavy atom. The summed E-state index contributed by atoms with van der Waals surface area (Å²) in [7, 11) is 0. The Morgan fingerprint density at radius 2 is 1.93 bits per heavy atom. The molecule has 152 valence electrons. The van der Waals surface area contributed by atoms with Crippen LogP contribution in [0.5, 0.6) is 0 Å². The summed E-state index contributed by atoms with van der Waals surface area (Å²) in [6.45, 7) is 2.61. The number of carbonyl (C=O) groups excluding carboxylic acids is 1. The zero-order valence-corrected chi connectivity index (χ0v) is 17.5. The second kappa shape index (κ2) is 9.78. The molecule has 0 aliphatic carbocycles. The van der Waals surface area contributed by atoms with Crippen molar-refractivity contribution < 1.29 is 9.90 Å². The minimum Gasteiger partial charge on any atom is -0.396 e. The summed E-state index contributed by atoms with van der Waals surface area (Å²) in [4.78, 5) is 14.5. The summed E-state index contributed by atoms with van der Waals surface area (Å²) in [5.74, 6) is 0.488. The molecule has 0 saturated heterocycles. The number of aliphatic hydroxyl groups excluding tert-OH is 1. The molecule has 6 nitrogen and oxygen atoms in total. The number of aliphatic hydroxyl groups is 1. The molecule has 0 atom stereocenters. The summed E-state index contributed by atoms with van der Waals surface area (Å²) >= 11 is 12.1.